The van der Waals surface area contributed by atoms with E-state index < -0.39 is 9.84 Å². The summed E-state index contributed by atoms with van der Waals surface area (Å²) in [6, 6.07) is -0.326. The molecule has 2 aliphatic heterocycles. The summed E-state index contributed by atoms with van der Waals surface area (Å²) in [4.78, 5) is 23.5. The normalized spacial score (nSPS) is 26.1. The predicted octanol–water partition coefficient (Wildman–Crippen LogP) is -1.17. The molecule has 2 heterocycles. The monoisotopic (exact) mass is 304 g/mol. The SMILES string of the molecule is O=C(CNC(=O)C1CCOCC1)NC1CCS(=O)(=O)C1. The van der Waals surface area contributed by atoms with Gasteiger partial charge in [0.2, 0.25) is 11.8 Å². The van der Waals surface area contributed by atoms with E-state index in [0.29, 0.717) is 32.5 Å². The lowest BCUT2D eigenvalue weighted by Gasteiger charge is -2.21. The van der Waals surface area contributed by atoms with Crippen molar-refractivity contribution in [3.8, 4) is 0 Å². The van der Waals surface area contributed by atoms with Crippen molar-refractivity contribution in [1.82, 2.24) is 10.6 Å². The van der Waals surface area contributed by atoms with E-state index >= 15 is 0 Å². The highest BCUT2D eigenvalue weighted by atomic mass is 32.2. The number of sulfone groups is 1. The lowest BCUT2D eigenvalue weighted by Crippen LogP contribution is -2.44. The molecule has 2 rings (SSSR count). The minimum Gasteiger partial charge on any atom is -0.381 e. The predicted molar refractivity (Wildman–Crippen MR) is 71.8 cm³/mol. The third-order valence-electron chi connectivity index (χ3n) is 3.61. The molecular weight excluding hydrogens is 284 g/mol. The summed E-state index contributed by atoms with van der Waals surface area (Å²) in [6.45, 7) is 1.04. The van der Waals surface area contributed by atoms with Crippen LogP contribution in [0, 0.1) is 5.92 Å². The summed E-state index contributed by atoms with van der Waals surface area (Å²) in [5.41, 5.74) is 0. The van der Waals surface area contributed by atoms with Crippen molar-refractivity contribution in [2.24, 2.45) is 5.92 Å². The lowest BCUT2D eigenvalue weighted by atomic mass is 9.99. The van der Waals surface area contributed by atoms with E-state index in [4.69, 9.17) is 4.74 Å². The average Bonchev–Trinajstić information content (AvgIpc) is 2.76. The Hall–Kier alpha value is -1.15. The molecule has 0 aromatic heterocycles. The van der Waals surface area contributed by atoms with E-state index in [-0.39, 0.29) is 41.8 Å². The fourth-order valence-corrected chi connectivity index (χ4v) is 4.13. The summed E-state index contributed by atoms with van der Waals surface area (Å²) in [5, 5.41) is 5.23. The summed E-state index contributed by atoms with van der Waals surface area (Å²) < 4.78 is 27.7. The quantitative estimate of drug-likeness (QED) is 0.681. The third kappa shape index (κ3) is 4.45. The molecule has 2 amide bonds. The van der Waals surface area contributed by atoms with E-state index in [1.165, 1.54) is 0 Å². The Kier molecular flexibility index (Phi) is 4.98. The maximum atomic E-state index is 11.8. The van der Waals surface area contributed by atoms with Crippen LogP contribution in [0.2, 0.25) is 0 Å². The number of carbonyl (C=O) groups is 2. The first kappa shape index (κ1) is 15.2. The second-order valence-electron chi connectivity index (χ2n) is 5.27. The van der Waals surface area contributed by atoms with Gasteiger partial charge in [-0.25, -0.2) is 8.42 Å². The average molecular weight is 304 g/mol. The number of carbonyl (C=O) groups excluding carboxylic acids is 2. The third-order valence-corrected chi connectivity index (χ3v) is 5.38. The van der Waals surface area contributed by atoms with E-state index in [1.54, 1.807) is 0 Å². The van der Waals surface area contributed by atoms with E-state index in [0.717, 1.165) is 0 Å². The topological polar surface area (TPSA) is 102 Å². The molecule has 2 saturated heterocycles. The van der Waals surface area contributed by atoms with Crippen LogP contribution < -0.4 is 10.6 Å². The van der Waals surface area contributed by atoms with Gasteiger partial charge in [-0.1, -0.05) is 0 Å². The van der Waals surface area contributed by atoms with Crippen LogP contribution in [0.3, 0.4) is 0 Å². The Morgan fingerprint density at radius 1 is 1.15 bits per heavy atom. The molecule has 114 valence electrons. The number of rotatable bonds is 4. The molecular formula is C12H20N2O5S. The molecule has 2 aliphatic rings. The van der Waals surface area contributed by atoms with Crippen LogP contribution in [-0.4, -0.2) is 57.5 Å². The first-order chi connectivity index (χ1) is 9.46. The number of hydrogen-bond donors (Lipinski definition) is 2. The fourth-order valence-electron chi connectivity index (χ4n) is 2.46. The van der Waals surface area contributed by atoms with Crippen LogP contribution in [0.15, 0.2) is 0 Å². The van der Waals surface area contributed by atoms with Crippen molar-refractivity contribution in [2.75, 3.05) is 31.3 Å². The molecule has 20 heavy (non-hydrogen) atoms. The van der Waals surface area contributed by atoms with Gasteiger partial charge in [-0.15, -0.1) is 0 Å². The van der Waals surface area contributed by atoms with Crippen molar-refractivity contribution in [3.05, 3.63) is 0 Å². The van der Waals surface area contributed by atoms with Gasteiger partial charge in [-0.2, -0.15) is 0 Å². The highest BCUT2D eigenvalue weighted by Crippen LogP contribution is 2.14. The lowest BCUT2D eigenvalue weighted by molar-refractivity contribution is -0.130. The molecule has 0 aromatic rings. The van der Waals surface area contributed by atoms with Crippen LogP contribution in [0.1, 0.15) is 19.3 Å². The number of nitrogens with one attached hydrogen (secondary N) is 2. The zero-order valence-corrected chi connectivity index (χ0v) is 12.1. The van der Waals surface area contributed by atoms with Gasteiger partial charge in [0, 0.05) is 25.2 Å². The molecule has 1 unspecified atom stereocenters. The van der Waals surface area contributed by atoms with Gasteiger partial charge in [-0.05, 0) is 19.3 Å². The molecule has 1 atom stereocenters. The first-order valence-electron chi connectivity index (χ1n) is 6.81. The molecule has 0 saturated carbocycles. The van der Waals surface area contributed by atoms with Gasteiger partial charge in [-0.3, -0.25) is 9.59 Å². The van der Waals surface area contributed by atoms with Crippen molar-refractivity contribution in [3.63, 3.8) is 0 Å². The van der Waals surface area contributed by atoms with E-state index in [1.807, 2.05) is 0 Å². The molecule has 0 spiro atoms. The Balaban J connectivity index is 1.68. The Morgan fingerprint density at radius 3 is 2.45 bits per heavy atom. The highest BCUT2D eigenvalue weighted by molar-refractivity contribution is 7.91. The second-order valence-corrected chi connectivity index (χ2v) is 7.50. The van der Waals surface area contributed by atoms with Gasteiger partial charge < -0.3 is 15.4 Å². The Morgan fingerprint density at radius 2 is 1.85 bits per heavy atom. The second kappa shape index (κ2) is 6.53. The fraction of sp³-hybridized carbons (Fsp3) is 0.833. The van der Waals surface area contributed by atoms with Crippen LogP contribution in [-0.2, 0) is 24.2 Å². The molecule has 0 aromatic carbocycles. The minimum absolute atomic E-state index is 0.00729. The molecule has 7 nitrogen and oxygen atoms in total. The molecule has 0 radical (unpaired) electrons. The van der Waals surface area contributed by atoms with Crippen molar-refractivity contribution < 1.29 is 22.7 Å². The Labute approximate surface area is 118 Å². The minimum atomic E-state index is -3.01. The number of ether oxygens (including phenoxy) is 1. The van der Waals surface area contributed by atoms with Crippen LogP contribution in [0.4, 0.5) is 0 Å². The summed E-state index contributed by atoms with van der Waals surface area (Å²) in [6.07, 6.45) is 1.80. The summed E-state index contributed by atoms with van der Waals surface area (Å²) >= 11 is 0. The van der Waals surface area contributed by atoms with Gasteiger partial charge in [0.25, 0.3) is 0 Å². The first-order valence-corrected chi connectivity index (χ1v) is 8.64. The molecule has 8 heteroatoms. The molecule has 0 bridgehead atoms. The summed E-state index contributed by atoms with van der Waals surface area (Å²) in [7, 11) is -3.01. The molecule has 2 fully saturated rings. The largest absolute Gasteiger partial charge is 0.381 e. The zero-order valence-electron chi connectivity index (χ0n) is 11.3. The smallest absolute Gasteiger partial charge is 0.239 e. The van der Waals surface area contributed by atoms with E-state index in [2.05, 4.69) is 10.6 Å². The zero-order chi connectivity index (χ0) is 14.6. The standard InChI is InChI=1S/C12H20N2O5S/c15-11(14-10-3-6-20(17,18)8-10)7-13-12(16)9-1-4-19-5-2-9/h9-10H,1-8H2,(H,13,16)(H,14,15). The van der Waals surface area contributed by atoms with Crippen molar-refractivity contribution in [1.29, 1.82) is 0 Å². The highest BCUT2D eigenvalue weighted by Gasteiger charge is 2.29. The van der Waals surface area contributed by atoms with Gasteiger partial charge in [0.15, 0.2) is 9.84 Å². The summed E-state index contributed by atoms with van der Waals surface area (Å²) in [5.74, 6) is -0.461. The van der Waals surface area contributed by atoms with E-state index in [9.17, 15) is 18.0 Å². The van der Waals surface area contributed by atoms with Crippen LogP contribution in [0.5, 0.6) is 0 Å². The number of amides is 2. The van der Waals surface area contributed by atoms with Crippen molar-refractivity contribution >= 4 is 21.7 Å². The molecule has 2 N–H and O–H groups in total. The van der Waals surface area contributed by atoms with Crippen LogP contribution >= 0.6 is 0 Å². The maximum absolute atomic E-state index is 11.8. The van der Waals surface area contributed by atoms with Gasteiger partial charge in [0.05, 0.1) is 18.1 Å². The van der Waals surface area contributed by atoms with Gasteiger partial charge in [0.1, 0.15) is 0 Å². The maximum Gasteiger partial charge on any atom is 0.239 e. The van der Waals surface area contributed by atoms with Crippen molar-refractivity contribution in [2.45, 2.75) is 25.3 Å². The van der Waals surface area contributed by atoms with Crippen LogP contribution in [0.25, 0.3) is 0 Å². The number of hydrogen-bond acceptors (Lipinski definition) is 5. The van der Waals surface area contributed by atoms with Gasteiger partial charge >= 0.3 is 0 Å². The molecule has 0 aliphatic carbocycles. The Bertz CT molecular complexity index is 470.